The normalized spacial score (nSPS) is 9.96. The first-order valence-electron chi connectivity index (χ1n) is 7.50. The molecule has 0 saturated heterocycles. The van der Waals surface area contributed by atoms with E-state index in [4.69, 9.17) is 35.4 Å². The minimum absolute atomic E-state index is 0.204. The Hall–Kier alpha value is -1.57. The van der Waals surface area contributed by atoms with E-state index in [1.165, 1.54) is 18.2 Å². The zero-order valence-corrected chi connectivity index (χ0v) is 15.6. The van der Waals surface area contributed by atoms with Crippen LogP contribution < -0.4 is 21.5 Å². The predicted octanol–water partition coefficient (Wildman–Crippen LogP) is 2.41. The van der Waals surface area contributed by atoms with E-state index in [1.54, 1.807) is 0 Å². The smallest absolute Gasteiger partial charge is 0.257 e. The molecule has 0 heterocycles. The minimum Gasteiger partial charge on any atom is -0.361 e. The molecule has 6 nitrogen and oxygen atoms in total. The second kappa shape index (κ2) is 11.1. The van der Waals surface area contributed by atoms with Crippen LogP contribution in [-0.4, -0.2) is 30.0 Å². The highest BCUT2D eigenvalue weighted by Crippen LogP contribution is 2.22. The summed E-state index contributed by atoms with van der Waals surface area (Å²) in [6, 6.07) is 4.48. The molecule has 9 heteroatoms. The summed E-state index contributed by atoms with van der Waals surface area (Å²) in [6.07, 6.45) is 3.24. The number of carbonyl (C=O) groups excluding carboxylic acids is 2. The van der Waals surface area contributed by atoms with Gasteiger partial charge in [-0.2, -0.15) is 0 Å². The summed E-state index contributed by atoms with van der Waals surface area (Å²) in [6.45, 7) is 2.65. The van der Waals surface area contributed by atoms with E-state index in [-0.39, 0.29) is 11.6 Å². The number of hydrogen-bond acceptors (Lipinski definition) is 3. The number of carbonyl (C=O) groups is 2. The molecule has 132 valence electrons. The van der Waals surface area contributed by atoms with E-state index in [2.05, 4.69) is 28.4 Å². The maximum Gasteiger partial charge on any atom is 0.257 e. The van der Waals surface area contributed by atoms with Crippen molar-refractivity contribution in [2.75, 3.05) is 13.1 Å². The Labute approximate surface area is 156 Å². The van der Waals surface area contributed by atoms with Crippen LogP contribution in [0.3, 0.4) is 0 Å². The zero-order valence-electron chi connectivity index (χ0n) is 13.2. The van der Waals surface area contributed by atoms with Gasteiger partial charge in [0.15, 0.2) is 5.11 Å². The Morgan fingerprint density at radius 2 is 1.83 bits per heavy atom. The number of thiocarbonyl (C=S) groups is 1. The van der Waals surface area contributed by atoms with Crippen molar-refractivity contribution in [2.45, 2.75) is 26.2 Å². The molecule has 0 fully saturated rings. The van der Waals surface area contributed by atoms with Crippen LogP contribution in [-0.2, 0) is 4.79 Å². The Kier molecular flexibility index (Phi) is 9.44. The van der Waals surface area contributed by atoms with Gasteiger partial charge in [-0.1, -0.05) is 43.0 Å². The van der Waals surface area contributed by atoms with Crippen LogP contribution in [0.25, 0.3) is 0 Å². The highest BCUT2D eigenvalue weighted by Gasteiger charge is 2.10. The van der Waals surface area contributed by atoms with Gasteiger partial charge in [-0.15, -0.1) is 0 Å². The van der Waals surface area contributed by atoms with Gasteiger partial charge in [-0.25, -0.2) is 0 Å². The lowest BCUT2D eigenvalue weighted by Crippen LogP contribution is -2.49. The maximum absolute atomic E-state index is 11.9. The number of hydrazine groups is 1. The van der Waals surface area contributed by atoms with Gasteiger partial charge in [0, 0.05) is 12.1 Å². The summed E-state index contributed by atoms with van der Waals surface area (Å²) in [5.74, 6) is -0.856. The van der Waals surface area contributed by atoms with Crippen LogP contribution >= 0.6 is 35.4 Å². The van der Waals surface area contributed by atoms with Gasteiger partial charge in [-0.3, -0.25) is 20.4 Å². The molecule has 1 aromatic rings. The van der Waals surface area contributed by atoms with Crippen LogP contribution in [0, 0.1) is 0 Å². The van der Waals surface area contributed by atoms with Crippen LogP contribution in [0.5, 0.6) is 0 Å². The summed E-state index contributed by atoms with van der Waals surface area (Å²) >= 11 is 16.6. The van der Waals surface area contributed by atoms with E-state index in [0.717, 1.165) is 25.8 Å². The molecule has 24 heavy (non-hydrogen) atoms. The third-order valence-corrected chi connectivity index (χ3v) is 3.96. The molecule has 0 aliphatic heterocycles. The van der Waals surface area contributed by atoms with Gasteiger partial charge in [0.25, 0.3) is 11.8 Å². The summed E-state index contributed by atoms with van der Waals surface area (Å²) < 4.78 is 0. The van der Waals surface area contributed by atoms with E-state index in [1.807, 2.05) is 0 Å². The number of hydrogen-bond donors (Lipinski definition) is 4. The molecule has 4 N–H and O–H groups in total. The monoisotopic (exact) mass is 390 g/mol. The summed E-state index contributed by atoms with van der Waals surface area (Å²) in [7, 11) is 0. The third kappa shape index (κ3) is 7.81. The third-order valence-electron chi connectivity index (χ3n) is 2.97. The molecule has 0 aliphatic carbocycles. The van der Waals surface area contributed by atoms with Crippen molar-refractivity contribution in [2.24, 2.45) is 0 Å². The number of unbranched alkanes of at least 4 members (excludes halogenated alkanes) is 2. The van der Waals surface area contributed by atoms with Crippen molar-refractivity contribution >= 4 is 52.3 Å². The fraction of sp³-hybridized carbons (Fsp3) is 0.400. The molecule has 0 bridgehead atoms. The zero-order chi connectivity index (χ0) is 17.9. The van der Waals surface area contributed by atoms with Gasteiger partial charge < -0.3 is 10.6 Å². The van der Waals surface area contributed by atoms with E-state index in [9.17, 15) is 9.59 Å². The second-order valence-electron chi connectivity index (χ2n) is 4.95. The lowest BCUT2D eigenvalue weighted by molar-refractivity contribution is -0.120. The maximum atomic E-state index is 11.9. The average Bonchev–Trinajstić information content (AvgIpc) is 2.57. The Balaban J connectivity index is 2.26. The first-order chi connectivity index (χ1) is 11.4. The molecule has 1 rings (SSSR count). The fourth-order valence-electron chi connectivity index (χ4n) is 1.69. The molecule has 0 saturated carbocycles. The molecule has 2 amide bonds. The molecule has 0 radical (unpaired) electrons. The Bertz CT molecular complexity index is 599. The van der Waals surface area contributed by atoms with Crippen molar-refractivity contribution in [3.63, 3.8) is 0 Å². The molecular formula is C15H20Cl2N4O2S. The van der Waals surface area contributed by atoms with E-state index in [0.29, 0.717) is 15.7 Å². The summed E-state index contributed by atoms with van der Waals surface area (Å²) in [4.78, 5) is 23.6. The lowest BCUT2D eigenvalue weighted by Gasteiger charge is -2.12. The van der Waals surface area contributed by atoms with Gasteiger partial charge in [-0.05, 0) is 36.8 Å². The molecule has 0 unspecified atom stereocenters. The van der Waals surface area contributed by atoms with Gasteiger partial charge in [0.05, 0.1) is 16.6 Å². The van der Waals surface area contributed by atoms with E-state index >= 15 is 0 Å². The van der Waals surface area contributed by atoms with Crippen LogP contribution in [0.4, 0.5) is 0 Å². The molecule has 0 aromatic heterocycles. The SMILES string of the molecule is CCCCCNC(=S)NNC(=O)CNC(=O)c1ccc(Cl)c(Cl)c1. The molecule has 0 aliphatic rings. The van der Waals surface area contributed by atoms with Crippen molar-refractivity contribution < 1.29 is 9.59 Å². The average molecular weight is 391 g/mol. The Morgan fingerprint density at radius 3 is 2.50 bits per heavy atom. The Morgan fingerprint density at radius 1 is 1.08 bits per heavy atom. The van der Waals surface area contributed by atoms with Crippen molar-refractivity contribution in [1.82, 2.24) is 21.5 Å². The predicted molar refractivity (Wildman–Crippen MR) is 100 cm³/mol. The number of benzene rings is 1. The van der Waals surface area contributed by atoms with E-state index < -0.39 is 11.8 Å². The first-order valence-corrected chi connectivity index (χ1v) is 8.66. The standard InChI is InChI=1S/C15H20Cl2N4O2S/c1-2-3-4-7-18-15(24)21-20-13(22)9-19-14(23)10-5-6-11(16)12(17)8-10/h5-6,8H,2-4,7,9H2,1H3,(H,19,23)(H,20,22)(H2,18,21,24). The lowest BCUT2D eigenvalue weighted by atomic mass is 10.2. The molecule has 0 spiro atoms. The largest absolute Gasteiger partial charge is 0.361 e. The number of amides is 2. The topological polar surface area (TPSA) is 82.3 Å². The van der Waals surface area contributed by atoms with Crippen molar-refractivity contribution in [1.29, 1.82) is 0 Å². The van der Waals surface area contributed by atoms with Gasteiger partial charge >= 0.3 is 0 Å². The highest BCUT2D eigenvalue weighted by molar-refractivity contribution is 7.80. The van der Waals surface area contributed by atoms with Crippen molar-refractivity contribution in [3.8, 4) is 0 Å². The fourth-order valence-corrected chi connectivity index (χ4v) is 2.14. The van der Waals surface area contributed by atoms with Crippen LogP contribution in [0.15, 0.2) is 18.2 Å². The first kappa shape index (κ1) is 20.5. The van der Waals surface area contributed by atoms with Crippen molar-refractivity contribution in [3.05, 3.63) is 33.8 Å². The molecular weight excluding hydrogens is 371 g/mol. The van der Waals surface area contributed by atoms with Crippen LogP contribution in [0.1, 0.15) is 36.5 Å². The second-order valence-corrected chi connectivity index (χ2v) is 6.17. The highest BCUT2D eigenvalue weighted by atomic mass is 35.5. The number of rotatable bonds is 7. The quantitative estimate of drug-likeness (QED) is 0.326. The molecule has 1 aromatic carbocycles. The molecule has 0 atom stereocenters. The summed E-state index contributed by atoms with van der Waals surface area (Å²) in [5.41, 5.74) is 5.28. The van der Waals surface area contributed by atoms with Gasteiger partial charge in [0.2, 0.25) is 0 Å². The van der Waals surface area contributed by atoms with Crippen LogP contribution in [0.2, 0.25) is 10.0 Å². The number of halogens is 2. The summed E-state index contributed by atoms with van der Waals surface area (Å²) in [5, 5.41) is 6.40. The minimum atomic E-state index is -0.430. The number of nitrogens with one attached hydrogen (secondary N) is 4. The van der Waals surface area contributed by atoms with Gasteiger partial charge in [0.1, 0.15) is 0 Å².